The largest absolute Gasteiger partial charge is 0.313 e. The Morgan fingerprint density at radius 1 is 1.06 bits per heavy atom. The summed E-state index contributed by atoms with van der Waals surface area (Å²) in [5.74, 6) is 0.446. The summed E-state index contributed by atoms with van der Waals surface area (Å²) in [4.78, 5) is 0. The predicted molar refractivity (Wildman–Crippen MR) is 79.7 cm³/mol. The lowest BCUT2D eigenvalue weighted by Gasteiger charge is -2.18. The van der Waals surface area contributed by atoms with Crippen LogP contribution in [0.15, 0.2) is 0 Å². The minimum absolute atomic E-state index is 0.192. The standard InChI is InChI=1S/C14H31NO2S/c1-6-7-8-9-13(4)15-10-11-18(16,17)14(5)12(2)3/h12-15H,6-11H2,1-5H3. The topological polar surface area (TPSA) is 46.2 Å². The summed E-state index contributed by atoms with van der Waals surface area (Å²) in [6, 6.07) is 0.418. The van der Waals surface area contributed by atoms with Gasteiger partial charge in [-0.2, -0.15) is 0 Å². The quantitative estimate of drug-likeness (QED) is 0.624. The van der Waals surface area contributed by atoms with E-state index >= 15 is 0 Å². The second-order valence-electron chi connectivity index (χ2n) is 5.67. The van der Waals surface area contributed by atoms with Crippen molar-refractivity contribution in [2.75, 3.05) is 12.3 Å². The molecule has 0 spiro atoms. The number of hydrogen-bond donors (Lipinski definition) is 1. The van der Waals surface area contributed by atoms with E-state index in [1.54, 1.807) is 0 Å². The molecule has 0 aliphatic carbocycles. The molecule has 1 N–H and O–H groups in total. The molecule has 2 unspecified atom stereocenters. The summed E-state index contributed by atoms with van der Waals surface area (Å²) in [6.45, 7) is 10.6. The fourth-order valence-electron chi connectivity index (χ4n) is 1.85. The van der Waals surface area contributed by atoms with E-state index in [1.165, 1.54) is 19.3 Å². The van der Waals surface area contributed by atoms with Gasteiger partial charge in [0.05, 0.1) is 11.0 Å². The molecule has 0 bridgehead atoms. The van der Waals surface area contributed by atoms with Gasteiger partial charge in [0, 0.05) is 12.6 Å². The fraction of sp³-hybridized carbons (Fsp3) is 1.00. The van der Waals surface area contributed by atoms with Gasteiger partial charge in [0.15, 0.2) is 9.84 Å². The van der Waals surface area contributed by atoms with Crippen molar-refractivity contribution in [3.63, 3.8) is 0 Å². The zero-order valence-corrected chi connectivity index (χ0v) is 13.5. The van der Waals surface area contributed by atoms with Crippen LogP contribution in [0.2, 0.25) is 0 Å². The number of rotatable bonds is 10. The van der Waals surface area contributed by atoms with Gasteiger partial charge in [-0.3, -0.25) is 0 Å². The lowest BCUT2D eigenvalue weighted by molar-refractivity contribution is 0.495. The molecule has 0 aromatic carbocycles. The molecule has 0 saturated carbocycles. The van der Waals surface area contributed by atoms with Crippen LogP contribution in [-0.2, 0) is 9.84 Å². The van der Waals surface area contributed by atoms with Crippen LogP contribution in [0.25, 0.3) is 0 Å². The maximum atomic E-state index is 12.0. The van der Waals surface area contributed by atoms with Gasteiger partial charge in [-0.05, 0) is 26.2 Å². The molecule has 0 aliphatic heterocycles. The average Bonchev–Trinajstić information content (AvgIpc) is 2.28. The van der Waals surface area contributed by atoms with Crippen molar-refractivity contribution < 1.29 is 8.42 Å². The number of unbranched alkanes of at least 4 members (excludes halogenated alkanes) is 2. The highest BCUT2D eigenvalue weighted by Crippen LogP contribution is 2.12. The van der Waals surface area contributed by atoms with E-state index in [4.69, 9.17) is 0 Å². The Balaban J connectivity index is 3.89. The van der Waals surface area contributed by atoms with Crippen LogP contribution in [0.4, 0.5) is 0 Å². The SMILES string of the molecule is CCCCCC(C)NCCS(=O)(=O)C(C)C(C)C. The summed E-state index contributed by atoms with van der Waals surface area (Å²) in [5, 5.41) is 3.07. The Bertz CT molecular complexity index is 299. The Labute approximate surface area is 114 Å². The van der Waals surface area contributed by atoms with Gasteiger partial charge in [0.25, 0.3) is 0 Å². The molecule has 0 amide bonds. The van der Waals surface area contributed by atoms with E-state index in [2.05, 4.69) is 19.2 Å². The second kappa shape index (κ2) is 8.92. The molecule has 2 atom stereocenters. The molecular weight excluding hydrogens is 246 g/mol. The van der Waals surface area contributed by atoms with Gasteiger partial charge in [0.2, 0.25) is 0 Å². The maximum absolute atomic E-state index is 12.0. The zero-order chi connectivity index (χ0) is 14.2. The first-order chi connectivity index (χ1) is 8.31. The highest BCUT2D eigenvalue weighted by Gasteiger charge is 2.23. The van der Waals surface area contributed by atoms with Crippen molar-refractivity contribution >= 4 is 9.84 Å². The van der Waals surface area contributed by atoms with E-state index in [1.807, 2.05) is 20.8 Å². The van der Waals surface area contributed by atoms with Crippen LogP contribution < -0.4 is 5.32 Å². The van der Waals surface area contributed by atoms with Gasteiger partial charge in [-0.1, -0.05) is 40.0 Å². The molecular formula is C14H31NO2S. The Kier molecular flexibility index (Phi) is 8.87. The summed E-state index contributed by atoms with van der Waals surface area (Å²) in [6.07, 6.45) is 4.84. The summed E-state index contributed by atoms with van der Waals surface area (Å²) in [5.41, 5.74) is 0. The van der Waals surface area contributed by atoms with Crippen LogP contribution in [-0.4, -0.2) is 32.0 Å². The fourth-order valence-corrected chi connectivity index (χ4v) is 3.45. The minimum Gasteiger partial charge on any atom is -0.313 e. The van der Waals surface area contributed by atoms with E-state index in [9.17, 15) is 8.42 Å². The molecule has 3 nitrogen and oxygen atoms in total. The predicted octanol–water partition coefficient (Wildman–Crippen LogP) is 3.00. The highest BCUT2D eigenvalue weighted by molar-refractivity contribution is 7.92. The molecule has 0 aromatic heterocycles. The van der Waals surface area contributed by atoms with Gasteiger partial charge in [0.1, 0.15) is 0 Å². The molecule has 0 radical (unpaired) electrons. The van der Waals surface area contributed by atoms with E-state index < -0.39 is 9.84 Å². The highest BCUT2D eigenvalue weighted by atomic mass is 32.2. The van der Waals surface area contributed by atoms with E-state index in [0.29, 0.717) is 12.6 Å². The molecule has 0 rings (SSSR count). The maximum Gasteiger partial charge on any atom is 0.154 e. The third-order valence-corrected chi connectivity index (χ3v) is 6.08. The van der Waals surface area contributed by atoms with Crippen LogP contribution in [0, 0.1) is 5.92 Å². The third-order valence-electron chi connectivity index (χ3n) is 3.63. The summed E-state index contributed by atoms with van der Waals surface area (Å²) < 4.78 is 23.9. The Morgan fingerprint density at radius 3 is 2.17 bits per heavy atom. The summed E-state index contributed by atoms with van der Waals surface area (Å²) in [7, 11) is -2.94. The molecule has 18 heavy (non-hydrogen) atoms. The third kappa shape index (κ3) is 7.37. The van der Waals surface area contributed by atoms with Crippen molar-refractivity contribution in [2.45, 2.75) is 71.6 Å². The molecule has 0 saturated heterocycles. The first kappa shape index (κ1) is 17.9. The normalized spacial score (nSPS) is 15.9. The number of sulfone groups is 1. The number of hydrogen-bond acceptors (Lipinski definition) is 3. The number of nitrogens with one attached hydrogen (secondary N) is 1. The lowest BCUT2D eigenvalue weighted by Crippen LogP contribution is -2.35. The van der Waals surface area contributed by atoms with Gasteiger partial charge < -0.3 is 5.32 Å². The van der Waals surface area contributed by atoms with Crippen molar-refractivity contribution in [3.8, 4) is 0 Å². The summed E-state index contributed by atoms with van der Waals surface area (Å²) >= 11 is 0. The first-order valence-corrected chi connectivity index (χ1v) is 8.97. The lowest BCUT2D eigenvalue weighted by atomic mass is 10.1. The molecule has 4 heteroatoms. The van der Waals surface area contributed by atoms with Crippen LogP contribution in [0.1, 0.15) is 60.3 Å². The van der Waals surface area contributed by atoms with Crippen LogP contribution in [0.3, 0.4) is 0 Å². The first-order valence-electron chi connectivity index (χ1n) is 7.26. The molecule has 110 valence electrons. The molecule has 0 fully saturated rings. The molecule has 0 heterocycles. The van der Waals surface area contributed by atoms with Crippen molar-refractivity contribution in [1.29, 1.82) is 0 Å². The minimum atomic E-state index is -2.94. The van der Waals surface area contributed by atoms with Crippen LogP contribution in [0.5, 0.6) is 0 Å². The Hall–Kier alpha value is -0.0900. The van der Waals surface area contributed by atoms with Gasteiger partial charge in [-0.25, -0.2) is 8.42 Å². The van der Waals surface area contributed by atoms with Crippen molar-refractivity contribution in [2.24, 2.45) is 5.92 Å². The average molecular weight is 277 g/mol. The smallest absolute Gasteiger partial charge is 0.154 e. The van der Waals surface area contributed by atoms with E-state index in [0.717, 1.165) is 6.42 Å². The van der Waals surface area contributed by atoms with Crippen molar-refractivity contribution in [1.82, 2.24) is 5.32 Å². The second-order valence-corrected chi connectivity index (χ2v) is 8.14. The van der Waals surface area contributed by atoms with Gasteiger partial charge >= 0.3 is 0 Å². The monoisotopic (exact) mass is 277 g/mol. The zero-order valence-electron chi connectivity index (χ0n) is 12.7. The molecule has 0 aromatic rings. The Morgan fingerprint density at radius 2 is 1.67 bits per heavy atom. The molecule has 0 aliphatic rings. The van der Waals surface area contributed by atoms with Gasteiger partial charge in [-0.15, -0.1) is 0 Å². The van der Waals surface area contributed by atoms with E-state index in [-0.39, 0.29) is 16.9 Å². The van der Waals surface area contributed by atoms with Crippen LogP contribution >= 0.6 is 0 Å². The van der Waals surface area contributed by atoms with Crippen molar-refractivity contribution in [3.05, 3.63) is 0 Å².